The maximum absolute atomic E-state index is 11.6. The molecule has 104 valence electrons. The van der Waals surface area contributed by atoms with Crippen LogP contribution in [0, 0.1) is 0 Å². The fraction of sp³-hybridized carbons (Fsp3) is 0.600. The van der Waals surface area contributed by atoms with Crippen LogP contribution >= 0.6 is 0 Å². The van der Waals surface area contributed by atoms with Crippen LogP contribution in [-0.4, -0.2) is 76.1 Å². The Labute approximate surface area is 124 Å². The maximum Gasteiger partial charge on any atom is 0.325 e. The summed E-state index contributed by atoms with van der Waals surface area (Å²) in [6.07, 6.45) is -2.29. The van der Waals surface area contributed by atoms with Crippen molar-refractivity contribution in [1.82, 2.24) is 9.97 Å². The van der Waals surface area contributed by atoms with E-state index in [9.17, 15) is 14.7 Å². The number of aromatic nitrogens is 2. The molecule has 1 aromatic rings. The minimum atomic E-state index is -1.05. The maximum atomic E-state index is 11.6. The predicted molar refractivity (Wildman–Crippen MR) is 64.9 cm³/mol. The van der Waals surface area contributed by atoms with Gasteiger partial charge in [0.2, 0.25) is 0 Å². The molecule has 2 rings (SSSR count). The van der Waals surface area contributed by atoms with Crippen molar-refractivity contribution < 1.29 is 19.7 Å². The van der Waals surface area contributed by atoms with Crippen LogP contribution in [0.15, 0.2) is 15.8 Å². The SMILES string of the molecule is CO[C@@H]1[C@H](O)[C@@H](CO)O[C@H]1c1c[nH]c(=O)[nH]c1=O.[Sn]. The molecule has 4 atom stereocenters. The van der Waals surface area contributed by atoms with E-state index in [0.29, 0.717) is 0 Å². The number of nitrogens with one attached hydrogen (secondary N) is 2. The van der Waals surface area contributed by atoms with Crippen molar-refractivity contribution in [1.29, 1.82) is 0 Å². The number of aliphatic hydroxyl groups is 2. The van der Waals surface area contributed by atoms with Crippen molar-refractivity contribution in [3.05, 3.63) is 32.6 Å². The summed E-state index contributed by atoms with van der Waals surface area (Å²) in [7, 11) is 1.36. The number of H-pyrrole nitrogens is 2. The minimum absolute atomic E-state index is 0. The van der Waals surface area contributed by atoms with Gasteiger partial charge in [-0.3, -0.25) is 9.78 Å². The molecule has 1 aliphatic heterocycles. The second-order valence-corrected chi connectivity index (χ2v) is 4.00. The van der Waals surface area contributed by atoms with E-state index < -0.39 is 42.3 Å². The van der Waals surface area contributed by atoms with E-state index in [1.165, 1.54) is 13.3 Å². The zero-order valence-corrected chi connectivity index (χ0v) is 13.0. The van der Waals surface area contributed by atoms with Gasteiger partial charge in [-0.15, -0.1) is 0 Å². The number of hydrogen-bond acceptors (Lipinski definition) is 6. The second-order valence-electron chi connectivity index (χ2n) is 4.00. The second kappa shape index (κ2) is 6.66. The number of hydrogen-bond donors (Lipinski definition) is 4. The molecule has 1 fully saturated rings. The van der Waals surface area contributed by atoms with Crippen LogP contribution in [-0.2, 0) is 9.47 Å². The van der Waals surface area contributed by atoms with Crippen LogP contribution < -0.4 is 11.2 Å². The Balaban J connectivity index is 0.00000180. The molecule has 19 heavy (non-hydrogen) atoms. The van der Waals surface area contributed by atoms with Gasteiger partial charge in [-0.25, -0.2) is 4.79 Å². The molecule has 0 unspecified atom stereocenters. The van der Waals surface area contributed by atoms with Crippen LogP contribution in [0.4, 0.5) is 0 Å². The van der Waals surface area contributed by atoms with Crippen molar-refractivity contribution in [3.8, 4) is 0 Å². The van der Waals surface area contributed by atoms with Crippen LogP contribution in [0.1, 0.15) is 11.7 Å². The predicted octanol–water partition coefficient (Wildman–Crippen LogP) is -2.51. The van der Waals surface area contributed by atoms with Gasteiger partial charge in [0, 0.05) is 37.2 Å². The van der Waals surface area contributed by atoms with Crippen molar-refractivity contribution in [2.24, 2.45) is 0 Å². The van der Waals surface area contributed by atoms with Crippen molar-refractivity contribution in [2.45, 2.75) is 24.4 Å². The first kappa shape index (κ1) is 16.4. The fourth-order valence-electron chi connectivity index (χ4n) is 2.03. The van der Waals surface area contributed by atoms with Gasteiger partial charge in [-0.1, -0.05) is 0 Å². The van der Waals surface area contributed by atoms with Crippen molar-refractivity contribution in [2.75, 3.05) is 13.7 Å². The molecule has 4 N–H and O–H groups in total. The molecular weight excluding hydrogens is 363 g/mol. The van der Waals surface area contributed by atoms with Crippen LogP contribution in [0.25, 0.3) is 0 Å². The molecule has 0 spiro atoms. The van der Waals surface area contributed by atoms with Gasteiger partial charge in [-0.2, -0.15) is 0 Å². The van der Waals surface area contributed by atoms with Crippen molar-refractivity contribution in [3.63, 3.8) is 0 Å². The summed E-state index contributed by atoms with van der Waals surface area (Å²) in [6, 6.07) is 0. The third kappa shape index (κ3) is 3.08. The minimum Gasteiger partial charge on any atom is -0.394 e. The number of rotatable bonds is 3. The molecule has 9 heteroatoms. The monoisotopic (exact) mass is 378 g/mol. The number of aromatic amines is 2. The zero-order valence-electron chi connectivity index (χ0n) is 10.1. The van der Waals surface area contributed by atoms with Gasteiger partial charge in [0.05, 0.1) is 12.2 Å². The summed E-state index contributed by atoms with van der Waals surface area (Å²) in [5.41, 5.74) is -1.11. The standard InChI is InChI=1S/C10H14N2O6.Sn/c1-17-8-6(14)5(3-13)18-7(8)4-2-11-10(16)12-9(4)15;/h2,5-8,13-14H,3H2,1H3,(H2,11,12,15,16);/t5-,6-,7+,8-;/m1./s1. The summed E-state index contributed by atoms with van der Waals surface area (Å²) >= 11 is 0. The summed E-state index contributed by atoms with van der Waals surface area (Å²) in [5.74, 6) is 0. The van der Waals surface area contributed by atoms with Gasteiger partial charge < -0.3 is 24.7 Å². The van der Waals surface area contributed by atoms with E-state index in [1.807, 2.05) is 0 Å². The number of aliphatic hydroxyl groups excluding tert-OH is 2. The molecule has 1 aliphatic rings. The first-order valence-electron chi connectivity index (χ1n) is 5.37. The molecule has 0 saturated carbocycles. The fourth-order valence-corrected chi connectivity index (χ4v) is 2.03. The molecule has 0 amide bonds. The van der Waals surface area contributed by atoms with Crippen LogP contribution in [0.3, 0.4) is 0 Å². The van der Waals surface area contributed by atoms with Gasteiger partial charge in [0.15, 0.2) is 0 Å². The zero-order chi connectivity index (χ0) is 13.3. The Morgan fingerprint density at radius 1 is 1.47 bits per heavy atom. The Kier molecular flexibility index (Phi) is 5.74. The van der Waals surface area contributed by atoms with E-state index in [-0.39, 0.29) is 29.5 Å². The van der Waals surface area contributed by atoms with E-state index in [1.54, 1.807) is 0 Å². The molecular formula is C10H14N2O6Sn. The summed E-state index contributed by atoms with van der Waals surface area (Å²) in [6.45, 7) is -0.390. The Morgan fingerprint density at radius 2 is 2.16 bits per heavy atom. The Bertz CT molecular complexity index is 529. The van der Waals surface area contributed by atoms with Crippen molar-refractivity contribution >= 4 is 23.9 Å². The molecule has 0 bridgehead atoms. The number of methoxy groups -OCH3 is 1. The first-order chi connectivity index (χ1) is 8.58. The molecule has 1 saturated heterocycles. The summed E-state index contributed by atoms with van der Waals surface area (Å²) in [5, 5.41) is 18.9. The van der Waals surface area contributed by atoms with Gasteiger partial charge in [0.1, 0.15) is 24.4 Å². The van der Waals surface area contributed by atoms with E-state index in [2.05, 4.69) is 9.97 Å². The van der Waals surface area contributed by atoms with E-state index in [4.69, 9.17) is 14.6 Å². The third-order valence-corrected chi connectivity index (χ3v) is 2.94. The average Bonchev–Trinajstić information content (AvgIpc) is 2.65. The molecule has 2 heterocycles. The smallest absolute Gasteiger partial charge is 0.325 e. The molecule has 0 aliphatic carbocycles. The molecule has 4 radical (unpaired) electrons. The largest absolute Gasteiger partial charge is 0.394 e. The summed E-state index contributed by atoms with van der Waals surface area (Å²) in [4.78, 5) is 26.9. The van der Waals surface area contributed by atoms with Gasteiger partial charge in [0.25, 0.3) is 5.56 Å². The summed E-state index contributed by atoms with van der Waals surface area (Å²) < 4.78 is 10.4. The molecule has 1 aromatic heterocycles. The molecule has 8 nitrogen and oxygen atoms in total. The van der Waals surface area contributed by atoms with Crippen LogP contribution in [0.5, 0.6) is 0 Å². The third-order valence-electron chi connectivity index (χ3n) is 2.94. The average molecular weight is 377 g/mol. The first-order valence-corrected chi connectivity index (χ1v) is 5.37. The Morgan fingerprint density at radius 3 is 2.68 bits per heavy atom. The number of ether oxygens (including phenoxy) is 2. The topological polar surface area (TPSA) is 125 Å². The Hall–Kier alpha value is -0.681. The quantitative estimate of drug-likeness (QED) is 0.432. The van der Waals surface area contributed by atoms with E-state index in [0.717, 1.165) is 0 Å². The molecule has 0 aromatic carbocycles. The van der Waals surface area contributed by atoms with Crippen LogP contribution in [0.2, 0.25) is 0 Å². The normalized spacial score (nSPS) is 30.1. The van der Waals surface area contributed by atoms with Gasteiger partial charge >= 0.3 is 5.69 Å². The van der Waals surface area contributed by atoms with E-state index >= 15 is 0 Å². The van der Waals surface area contributed by atoms with Gasteiger partial charge in [-0.05, 0) is 0 Å².